The second-order valence-corrected chi connectivity index (χ2v) is 6.97. The highest BCUT2D eigenvalue weighted by atomic mass is 16.3. The minimum atomic E-state index is -0.405. The molecule has 0 radical (unpaired) electrons. The van der Waals surface area contributed by atoms with Gasteiger partial charge in [-0.15, -0.1) is 0 Å². The molecule has 3 unspecified atom stereocenters. The summed E-state index contributed by atoms with van der Waals surface area (Å²) < 4.78 is 0. The Balaban J connectivity index is 2.08. The molecular weight excluding hydrogens is 258 g/mol. The van der Waals surface area contributed by atoms with Crippen LogP contribution in [0.15, 0.2) is 6.07 Å². The summed E-state index contributed by atoms with van der Waals surface area (Å²) in [6.45, 7) is 11.5. The summed E-state index contributed by atoms with van der Waals surface area (Å²) in [5, 5.41) is 14.3. The van der Waals surface area contributed by atoms with Gasteiger partial charge in [0.15, 0.2) is 0 Å². The van der Waals surface area contributed by atoms with E-state index < -0.39 is 6.10 Å². The van der Waals surface area contributed by atoms with Crippen molar-refractivity contribution in [2.45, 2.75) is 72.4 Å². The Morgan fingerprint density at radius 3 is 2.24 bits per heavy atom. The second-order valence-electron chi connectivity index (χ2n) is 6.97. The average molecular weight is 289 g/mol. The minimum absolute atomic E-state index is 0.405. The Morgan fingerprint density at radius 1 is 1.10 bits per heavy atom. The van der Waals surface area contributed by atoms with Gasteiger partial charge in [0.2, 0.25) is 0 Å². The molecule has 0 aliphatic heterocycles. The van der Waals surface area contributed by atoms with E-state index in [1.807, 2.05) is 0 Å². The predicted octanol–water partition coefficient (Wildman–Crippen LogP) is 4.12. The summed E-state index contributed by atoms with van der Waals surface area (Å²) in [5.41, 5.74) is 6.16. The molecule has 0 bridgehead atoms. The van der Waals surface area contributed by atoms with Gasteiger partial charge in [-0.3, -0.25) is 0 Å². The number of hydrogen-bond donors (Lipinski definition) is 2. The first kappa shape index (κ1) is 16.5. The van der Waals surface area contributed by atoms with Crippen molar-refractivity contribution < 1.29 is 5.11 Å². The standard InChI is InChI=1S/C19H31NO/c1-12-8-6-7-9-17(12)20-11-18(21)19-15(4)13(2)10-14(3)16(19)5/h10,12,17-18,20-21H,6-9,11H2,1-5H3. The maximum atomic E-state index is 10.7. The molecule has 1 aromatic carbocycles. The quantitative estimate of drug-likeness (QED) is 0.874. The third-order valence-electron chi connectivity index (χ3n) is 5.44. The van der Waals surface area contributed by atoms with Crippen molar-refractivity contribution in [2.75, 3.05) is 6.54 Å². The Kier molecular flexibility index (Phi) is 5.45. The monoisotopic (exact) mass is 289 g/mol. The van der Waals surface area contributed by atoms with Crippen LogP contribution in [0.5, 0.6) is 0 Å². The second kappa shape index (κ2) is 6.93. The molecule has 21 heavy (non-hydrogen) atoms. The van der Waals surface area contributed by atoms with Crippen LogP contribution in [-0.4, -0.2) is 17.7 Å². The number of rotatable bonds is 4. The number of aryl methyl sites for hydroxylation is 2. The van der Waals surface area contributed by atoms with Crippen molar-refractivity contribution in [1.29, 1.82) is 0 Å². The molecule has 0 heterocycles. The normalized spacial score (nSPS) is 24.1. The van der Waals surface area contributed by atoms with Crippen LogP contribution in [0.3, 0.4) is 0 Å². The van der Waals surface area contributed by atoms with Crippen molar-refractivity contribution in [1.82, 2.24) is 5.32 Å². The van der Waals surface area contributed by atoms with Crippen molar-refractivity contribution in [3.63, 3.8) is 0 Å². The Bertz CT molecular complexity index is 469. The molecule has 1 aliphatic carbocycles. The lowest BCUT2D eigenvalue weighted by Gasteiger charge is -2.31. The van der Waals surface area contributed by atoms with E-state index in [-0.39, 0.29) is 0 Å². The van der Waals surface area contributed by atoms with E-state index in [9.17, 15) is 5.11 Å². The largest absolute Gasteiger partial charge is 0.387 e. The topological polar surface area (TPSA) is 32.3 Å². The molecular formula is C19H31NO. The van der Waals surface area contributed by atoms with E-state index in [1.165, 1.54) is 47.9 Å². The summed E-state index contributed by atoms with van der Waals surface area (Å²) in [4.78, 5) is 0. The minimum Gasteiger partial charge on any atom is -0.387 e. The zero-order valence-corrected chi connectivity index (χ0v) is 14.3. The van der Waals surface area contributed by atoms with Crippen LogP contribution in [0.25, 0.3) is 0 Å². The van der Waals surface area contributed by atoms with Crippen LogP contribution >= 0.6 is 0 Å². The van der Waals surface area contributed by atoms with Gasteiger partial charge in [-0.25, -0.2) is 0 Å². The predicted molar refractivity (Wildman–Crippen MR) is 89.8 cm³/mol. The van der Waals surface area contributed by atoms with Crippen LogP contribution in [0.2, 0.25) is 0 Å². The van der Waals surface area contributed by atoms with E-state index in [0.29, 0.717) is 12.6 Å². The lowest BCUT2D eigenvalue weighted by Crippen LogP contribution is -2.39. The zero-order valence-electron chi connectivity index (χ0n) is 14.3. The highest BCUT2D eigenvalue weighted by molar-refractivity contribution is 5.45. The van der Waals surface area contributed by atoms with Crippen LogP contribution in [0.4, 0.5) is 0 Å². The SMILES string of the molecule is Cc1cc(C)c(C)c(C(O)CNC2CCCCC2C)c1C. The van der Waals surface area contributed by atoms with E-state index in [2.05, 4.69) is 46.0 Å². The van der Waals surface area contributed by atoms with Crippen molar-refractivity contribution >= 4 is 0 Å². The first-order chi connectivity index (χ1) is 9.91. The smallest absolute Gasteiger partial charge is 0.0919 e. The Hall–Kier alpha value is -0.860. The molecule has 0 saturated heterocycles. The molecule has 1 aromatic rings. The summed E-state index contributed by atoms with van der Waals surface area (Å²) in [6, 6.07) is 2.79. The maximum Gasteiger partial charge on any atom is 0.0919 e. The molecule has 0 aromatic heterocycles. The molecule has 3 atom stereocenters. The lowest BCUT2D eigenvalue weighted by atomic mass is 9.85. The lowest BCUT2D eigenvalue weighted by molar-refractivity contribution is 0.156. The van der Waals surface area contributed by atoms with Crippen molar-refractivity contribution in [3.8, 4) is 0 Å². The van der Waals surface area contributed by atoms with Crippen LogP contribution in [-0.2, 0) is 0 Å². The fourth-order valence-electron chi connectivity index (χ4n) is 3.73. The molecule has 1 saturated carbocycles. The fraction of sp³-hybridized carbons (Fsp3) is 0.684. The Morgan fingerprint density at radius 2 is 1.67 bits per heavy atom. The number of aliphatic hydroxyl groups is 1. The van der Waals surface area contributed by atoms with Gasteiger partial charge in [0, 0.05) is 12.6 Å². The molecule has 2 rings (SSSR count). The molecule has 2 N–H and O–H groups in total. The molecule has 1 fully saturated rings. The first-order valence-electron chi connectivity index (χ1n) is 8.40. The average Bonchev–Trinajstić information content (AvgIpc) is 2.44. The van der Waals surface area contributed by atoms with Crippen molar-refractivity contribution in [3.05, 3.63) is 33.9 Å². The molecule has 2 nitrogen and oxygen atoms in total. The third kappa shape index (κ3) is 3.67. The third-order valence-corrected chi connectivity index (χ3v) is 5.44. The zero-order chi connectivity index (χ0) is 15.6. The van der Waals surface area contributed by atoms with Crippen molar-refractivity contribution in [2.24, 2.45) is 5.92 Å². The van der Waals surface area contributed by atoms with Gasteiger partial charge in [-0.1, -0.05) is 25.8 Å². The van der Waals surface area contributed by atoms with E-state index in [1.54, 1.807) is 0 Å². The summed E-state index contributed by atoms with van der Waals surface area (Å²) in [6.07, 6.45) is 4.84. The fourth-order valence-corrected chi connectivity index (χ4v) is 3.73. The van der Waals surface area contributed by atoms with E-state index in [0.717, 1.165) is 11.5 Å². The molecule has 118 valence electrons. The van der Waals surface area contributed by atoms with Crippen LogP contribution < -0.4 is 5.32 Å². The molecule has 0 amide bonds. The molecule has 2 heteroatoms. The summed E-state index contributed by atoms with van der Waals surface area (Å²) >= 11 is 0. The number of nitrogens with one attached hydrogen (secondary N) is 1. The van der Waals surface area contributed by atoms with Gasteiger partial charge in [0.1, 0.15) is 0 Å². The van der Waals surface area contributed by atoms with Gasteiger partial charge >= 0.3 is 0 Å². The van der Waals surface area contributed by atoms with Gasteiger partial charge in [-0.2, -0.15) is 0 Å². The highest BCUT2D eigenvalue weighted by Crippen LogP contribution is 2.28. The molecule has 1 aliphatic rings. The number of hydrogen-bond acceptors (Lipinski definition) is 2. The number of aliphatic hydroxyl groups excluding tert-OH is 1. The van der Waals surface area contributed by atoms with Gasteiger partial charge in [-0.05, 0) is 74.3 Å². The maximum absolute atomic E-state index is 10.7. The highest BCUT2D eigenvalue weighted by Gasteiger charge is 2.23. The molecule has 0 spiro atoms. The van der Waals surface area contributed by atoms with Gasteiger partial charge in [0.25, 0.3) is 0 Å². The van der Waals surface area contributed by atoms with E-state index >= 15 is 0 Å². The van der Waals surface area contributed by atoms with E-state index in [4.69, 9.17) is 0 Å². The Labute approximate surface area is 130 Å². The number of benzene rings is 1. The summed E-state index contributed by atoms with van der Waals surface area (Å²) in [5.74, 6) is 0.729. The van der Waals surface area contributed by atoms with Crippen LogP contribution in [0, 0.1) is 33.6 Å². The van der Waals surface area contributed by atoms with Gasteiger partial charge in [0.05, 0.1) is 6.10 Å². The summed E-state index contributed by atoms with van der Waals surface area (Å²) in [7, 11) is 0. The first-order valence-corrected chi connectivity index (χ1v) is 8.40. The van der Waals surface area contributed by atoms with Crippen LogP contribution in [0.1, 0.15) is 66.5 Å². The van der Waals surface area contributed by atoms with Gasteiger partial charge < -0.3 is 10.4 Å².